The summed E-state index contributed by atoms with van der Waals surface area (Å²) in [5.41, 5.74) is 1.46. The van der Waals surface area contributed by atoms with Gasteiger partial charge in [-0.25, -0.2) is 0 Å². The summed E-state index contributed by atoms with van der Waals surface area (Å²) in [5.74, 6) is 1.24. The van der Waals surface area contributed by atoms with Crippen LogP contribution in [0.3, 0.4) is 0 Å². The number of aliphatic hydroxyl groups is 1. The zero-order valence-electron chi connectivity index (χ0n) is 16.0. The van der Waals surface area contributed by atoms with Crippen LogP contribution in [-0.4, -0.2) is 60.2 Å². The second-order valence-corrected chi connectivity index (χ2v) is 7.75. The zero-order valence-corrected chi connectivity index (χ0v) is 16.0. The average Bonchev–Trinajstić information content (AvgIpc) is 2.65. The van der Waals surface area contributed by atoms with Crippen LogP contribution in [0.2, 0.25) is 0 Å². The van der Waals surface area contributed by atoms with E-state index in [4.69, 9.17) is 9.84 Å². The van der Waals surface area contributed by atoms with E-state index < -0.39 is 0 Å². The largest absolute Gasteiger partial charge is 0.494 e. The fourth-order valence-corrected chi connectivity index (χ4v) is 4.52. The molecule has 0 unspecified atom stereocenters. The molecule has 1 spiro atoms. The molecule has 2 fully saturated rings. The predicted octanol–water partition coefficient (Wildman–Crippen LogP) is 2.67. The second kappa shape index (κ2) is 8.87. The maximum absolute atomic E-state index is 12.2. The number of carbonyl (C=O) groups excluding carboxylic acids is 1. The number of hydrogen-bond donors (Lipinski definition) is 1. The van der Waals surface area contributed by atoms with Crippen molar-refractivity contribution in [2.45, 2.75) is 45.6 Å². The first-order valence-electron chi connectivity index (χ1n) is 9.97. The summed E-state index contributed by atoms with van der Waals surface area (Å²) < 4.78 is 5.79. The average molecular weight is 360 g/mol. The molecule has 1 amide bonds. The van der Waals surface area contributed by atoms with Crippen molar-refractivity contribution in [1.82, 2.24) is 9.80 Å². The van der Waals surface area contributed by atoms with Crippen molar-refractivity contribution in [2.24, 2.45) is 5.41 Å². The van der Waals surface area contributed by atoms with Gasteiger partial charge in [-0.05, 0) is 45.2 Å². The smallest absolute Gasteiger partial charge is 0.222 e. The minimum atomic E-state index is 0.150. The van der Waals surface area contributed by atoms with Crippen molar-refractivity contribution in [2.75, 3.05) is 39.4 Å². The molecule has 2 heterocycles. The maximum Gasteiger partial charge on any atom is 0.222 e. The second-order valence-electron chi connectivity index (χ2n) is 7.75. The number of benzene rings is 1. The summed E-state index contributed by atoms with van der Waals surface area (Å²) in [6.07, 6.45) is 4.69. The Hall–Kier alpha value is -1.59. The molecule has 2 aliphatic rings. The minimum Gasteiger partial charge on any atom is -0.494 e. The SMILES string of the molecule is CCOc1ccccc1CN1CCC[C@]2(CCC(=O)N(CCCO)C2)C1. The topological polar surface area (TPSA) is 53.0 Å². The molecule has 0 bridgehead atoms. The fraction of sp³-hybridized carbons (Fsp3) is 0.667. The van der Waals surface area contributed by atoms with E-state index in [1.54, 1.807) is 0 Å². The third-order valence-electron chi connectivity index (χ3n) is 5.74. The van der Waals surface area contributed by atoms with Crippen LogP contribution in [0.25, 0.3) is 0 Å². The summed E-state index contributed by atoms with van der Waals surface area (Å²) in [5, 5.41) is 9.10. The van der Waals surface area contributed by atoms with Crippen molar-refractivity contribution < 1.29 is 14.6 Å². The van der Waals surface area contributed by atoms with Gasteiger partial charge in [-0.1, -0.05) is 18.2 Å². The van der Waals surface area contributed by atoms with Gasteiger partial charge in [0.15, 0.2) is 0 Å². The lowest BCUT2D eigenvalue weighted by Crippen LogP contribution is -2.54. The molecule has 1 atom stereocenters. The number of carbonyl (C=O) groups is 1. The van der Waals surface area contributed by atoms with E-state index in [0.717, 1.165) is 38.3 Å². The molecular formula is C21H32N2O3. The van der Waals surface area contributed by atoms with Gasteiger partial charge >= 0.3 is 0 Å². The number of piperidine rings is 2. The number of aliphatic hydroxyl groups excluding tert-OH is 1. The van der Waals surface area contributed by atoms with Crippen LogP contribution in [0.1, 0.15) is 44.6 Å². The third-order valence-corrected chi connectivity index (χ3v) is 5.74. The van der Waals surface area contributed by atoms with Crippen molar-refractivity contribution >= 4 is 5.91 Å². The quantitative estimate of drug-likeness (QED) is 0.812. The fourth-order valence-electron chi connectivity index (χ4n) is 4.52. The lowest BCUT2D eigenvalue weighted by atomic mass is 9.73. The summed E-state index contributed by atoms with van der Waals surface area (Å²) in [6.45, 7) is 7.43. The van der Waals surface area contributed by atoms with Crippen LogP contribution < -0.4 is 4.74 Å². The van der Waals surface area contributed by atoms with E-state index in [0.29, 0.717) is 26.0 Å². The van der Waals surface area contributed by atoms with Gasteiger partial charge in [0.05, 0.1) is 6.61 Å². The molecule has 1 aromatic rings. The standard InChI is InChI=1S/C21H32N2O3/c1-2-26-19-8-4-3-7-18(19)15-22-12-5-10-21(16-22)11-9-20(25)23(17-21)13-6-14-24/h3-4,7-8,24H,2,5-6,9-17H2,1H3/t21-/m0/s1. The molecule has 1 N–H and O–H groups in total. The number of para-hydroxylation sites is 1. The highest BCUT2D eigenvalue weighted by molar-refractivity contribution is 5.77. The summed E-state index contributed by atoms with van der Waals surface area (Å²) in [7, 11) is 0. The lowest BCUT2D eigenvalue weighted by Gasteiger charge is -2.48. The number of rotatable bonds is 7. The molecule has 5 nitrogen and oxygen atoms in total. The summed E-state index contributed by atoms with van der Waals surface area (Å²) in [6, 6.07) is 8.31. The Morgan fingerprint density at radius 1 is 1.23 bits per heavy atom. The molecule has 144 valence electrons. The van der Waals surface area contributed by atoms with Gasteiger partial charge in [0.2, 0.25) is 5.91 Å². The Morgan fingerprint density at radius 3 is 2.88 bits per heavy atom. The molecule has 5 heteroatoms. The van der Waals surface area contributed by atoms with Crippen LogP contribution in [0.15, 0.2) is 24.3 Å². The van der Waals surface area contributed by atoms with E-state index in [2.05, 4.69) is 23.1 Å². The van der Waals surface area contributed by atoms with Gasteiger partial charge < -0.3 is 14.7 Å². The number of ether oxygens (including phenoxy) is 1. The molecule has 26 heavy (non-hydrogen) atoms. The number of likely N-dealkylation sites (tertiary alicyclic amines) is 2. The van der Waals surface area contributed by atoms with Crippen LogP contribution in [0.5, 0.6) is 5.75 Å². The van der Waals surface area contributed by atoms with Crippen LogP contribution >= 0.6 is 0 Å². The highest BCUT2D eigenvalue weighted by Gasteiger charge is 2.41. The molecule has 1 aromatic carbocycles. The Balaban J connectivity index is 1.66. The van der Waals surface area contributed by atoms with Gasteiger partial charge in [0.1, 0.15) is 5.75 Å². The third kappa shape index (κ3) is 4.57. The summed E-state index contributed by atoms with van der Waals surface area (Å²) in [4.78, 5) is 16.7. The first kappa shape index (κ1) is 19.2. The Kier molecular flexibility index (Phi) is 6.54. The summed E-state index contributed by atoms with van der Waals surface area (Å²) >= 11 is 0. The monoisotopic (exact) mass is 360 g/mol. The molecule has 0 aliphatic carbocycles. The maximum atomic E-state index is 12.2. The molecule has 0 saturated carbocycles. The van der Waals surface area contributed by atoms with Gasteiger partial charge in [-0.3, -0.25) is 9.69 Å². The Labute approximate surface area is 156 Å². The van der Waals surface area contributed by atoms with Crippen molar-refractivity contribution in [3.8, 4) is 5.75 Å². The van der Waals surface area contributed by atoms with E-state index in [1.807, 2.05) is 17.9 Å². The minimum absolute atomic E-state index is 0.150. The van der Waals surface area contributed by atoms with Crippen molar-refractivity contribution in [3.05, 3.63) is 29.8 Å². The van der Waals surface area contributed by atoms with Crippen LogP contribution in [-0.2, 0) is 11.3 Å². The molecule has 0 radical (unpaired) electrons. The highest BCUT2D eigenvalue weighted by atomic mass is 16.5. The molecule has 2 saturated heterocycles. The molecule has 0 aromatic heterocycles. The highest BCUT2D eigenvalue weighted by Crippen LogP contribution is 2.39. The van der Waals surface area contributed by atoms with E-state index >= 15 is 0 Å². The van der Waals surface area contributed by atoms with Gasteiger partial charge in [0.25, 0.3) is 0 Å². The number of amides is 1. The van der Waals surface area contributed by atoms with Gasteiger partial charge in [0, 0.05) is 50.2 Å². The molecule has 3 rings (SSSR count). The number of nitrogens with zero attached hydrogens (tertiary/aromatic N) is 2. The van der Waals surface area contributed by atoms with Gasteiger partial charge in [-0.2, -0.15) is 0 Å². The van der Waals surface area contributed by atoms with Crippen LogP contribution in [0, 0.1) is 5.41 Å². The number of hydrogen-bond acceptors (Lipinski definition) is 4. The van der Waals surface area contributed by atoms with E-state index in [-0.39, 0.29) is 17.9 Å². The Morgan fingerprint density at radius 2 is 2.08 bits per heavy atom. The molecule has 2 aliphatic heterocycles. The van der Waals surface area contributed by atoms with E-state index in [9.17, 15) is 4.79 Å². The zero-order chi connectivity index (χ0) is 18.4. The van der Waals surface area contributed by atoms with E-state index in [1.165, 1.54) is 18.4 Å². The first-order valence-corrected chi connectivity index (χ1v) is 9.97. The van der Waals surface area contributed by atoms with Crippen LogP contribution in [0.4, 0.5) is 0 Å². The van der Waals surface area contributed by atoms with Gasteiger partial charge in [-0.15, -0.1) is 0 Å². The normalized spacial score (nSPS) is 24.2. The first-order chi connectivity index (χ1) is 12.7. The van der Waals surface area contributed by atoms with Crippen molar-refractivity contribution in [3.63, 3.8) is 0 Å². The van der Waals surface area contributed by atoms with Crippen molar-refractivity contribution in [1.29, 1.82) is 0 Å². The lowest BCUT2D eigenvalue weighted by molar-refractivity contribution is -0.139. The Bertz CT molecular complexity index is 607. The predicted molar refractivity (Wildman–Crippen MR) is 102 cm³/mol. The molecular weight excluding hydrogens is 328 g/mol.